The number of carboxylic acid groups (broad SMARTS) is 1. The van der Waals surface area contributed by atoms with Crippen molar-refractivity contribution in [1.82, 2.24) is 5.32 Å². The number of nitrogens with one attached hydrogen (secondary N) is 1. The molecule has 2 aromatic rings. The summed E-state index contributed by atoms with van der Waals surface area (Å²) in [4.78, 5) is 20.8. The first-order valence-corrected chi connectivity index (χ1v) is 6.03. The maximum Gasteiger partial charge on any atom is 0.404 e. The molecule has 0 saturated heterocycles. The van der Waals surface area contributed by atoms with Crippen molar-refractivity contribution in [2.45, 2.75) is 6.54 Å². The van der Waals surface area contributed by atoms with E-state index in [-0.39, 0.29) is 18.0 Å². The Hall–Kier alpha value is -3.09. The average molecular weight is 288 g/mol. The van der Waals surface area contributed by atoms with Gasteiger partial charge in [-0.2, -0.15) is 0 Å². The molecule has 2 rings (SSSR count). The van der Waals surface area contributed by atoms with Crippen LogP contribution in [-0.4, -0.2) is 16.1 Å². The quantitative estimate of drug-likeness (QED) is 0.650. The van der Waals surface area contributed by atoms with E-state index in [0.717, 1.165) is 0 Å². The molecule has 7 heteroatoms. The van der Waals surface area contributed by atoms with Gasteiger partial charge in [-0.1, -0.05) is 24.3 Å². The van der Waals surface area contributed by atoms with Crippen LogP contribution in [0.15, 0.2) is 48.5 Å². The molecule has 0 aliphatic heterocycles. The van der Waals surface area contributed by atoms with Crippen molar-refractivity contribution in [1.29, 1.82) is 0 Å². The standard InChI is InChI=1S/C14H12N2O5/c17-14(18)15-9-10-4-3-5-11(8-10)21-13-7-2-1-6-12(13)16(19)20/h1-8,15H,9H2,(H,17,18). The number of hydrogen-bond donors (Lipinski definition) is 2. The van der Waals surface area contributed by atoms with Gasteiger partial charge in [-0.05, 0) is 23.8 Å². The Balaban J connectivity index is 2.18. The Kier molecular flexibility index (Phi) is 4.35. The SMILES string of the molecule is O=C(O)NCc1cccc(Oc2ccccc2[N+](=O)[O-])c1. The maximum absolute atomic E-state index is 10.9. The number of hydrogen-bond acceptors (Lipinski definition) is 4. The summed E-state index contributed by atoms with van der Waals surface area (Å²) in [6, 6.07) is 12.7. The Morgan fingerprint density at radius 1 is 1.24 bits per heavy atom. The summed E-state index contributed by atoms with van der Waals surface area (Å²) in [7, 11) is 0. The predicted octanol–water partition coefficient (Wildman–Crippen LogP) is 3.15. The number of nitro groups is 1. The second-order valence-corrected chi connectivity index (χ2v) is 4.13. The van der Waals surface area contributed by atoms with Crippen molar-refractivity contribution in [3.63, 3.8) is 0 Å². The van der Waals surface area contributed by atoms with Crippen molar-refractivity contribution in [2.24, 2.45) is 0 Å². The molecule has 0 aromatic heterocycles. The topological polar surface area (TPSA) is 102 Å². The summed E-state index contributed by atoms with van der Waals surface area (Å²) in [6.45, 7) is 0.128. The first-order chi connectivity index (χ1) is 10.1. The highest BCUT2D eigenvalue weighted by Crippen LogP contribution is 2.30. The fourth-order valence-electron chi connectivity index (χ4n) is 1.72. The van der Waals surface area contributed by atoms with Gasteiger partial charge >= 0.3 is 11.8 Å². The fraction of sp³-hybridized carbons (Fsp3) is 0.0714. The van der Waals surface area contributed by atoms with Crippen LogP contribution in [0, 0.1) is 10.1 Å². The van der Waals surface area contributed by atoms with Crippen molar-refractivity contribution in [2.75, 3.05) is 0 Å². The monoisotopic (exact) mass is 288 g/mol. The zero-order valence-corrected chi connectivity index (χ0v) is 10.9. The third-order valence-electron chi connectivity index (χ3n) is 2.63. The molecule has 1 amide bonds. The summed E-state index contributed by atoms with van der Waals surface area (Å²) in [6.07, 6.45) is -1.12. The van der Waals surface area contributed by atoms with Gasteiger partial charge in [0.25, 0.3) is 0 Å². The van der Waals surface area contributed by atoms with Gasteiger partial charge in [0.05, 0.1) is 4.92 Å². The molecule has 0 atom stereocenters. The zero-order chi connectivity index (χ0) is 15.2. The minimum absolute atomic E-state index is 0.128. The first-order valence-electron chi connectivity index (χ1n) is 6.03. The molecule has 0 fully saturated rings. The van der Waals surface area contributed by atoms with Crippen LogP contribution < -0.4 is 10.1 Å². The Morgan fingerprint density at radius 2 is 2.00 bits per heavy atom. The van der Waals surface area contributed by atoms with Crippen LogP contribution in [0.4, 0.5) is 10.5 Å². The number of nitrogens with zero attached hydrogens (tertiary/aromatic N) is 1. The van der Waals surface area contributed by atoms with E-state index in [9.17, 15) is 14.9 Å². The Bertz CT molecular complexity index is 672. The molecule has 2 aromatic carbocycles. The van der Waals surface area contributed by atoms with E-state index >= 15 is 0 Å². The molecule has 0 bridgehead atoms. The van der Waals surface area contributed by atoms with Crippen molar-refractivity contribution < 1.29 is 19.6 Å². The molecule has 0 aliphatic carbocycles. The van der Waals surface area contributed by atoms with Crippen LogP contribution >= 0.6 is 0 Å². The first kappa shape index (κ1) is 14.3. The number of amides is 1. The van der Waals surface area contributed by atoms with E-state index < -0.39 is 11.0 Å². The molecule has 0 saturated carbocycles. The lowest BCUT2D eigenvalue weighted by Gasteiger charge is -2.08. The summed E-state index contributed by atoms with van der Waals surface area (Å²) in [5.74, 6) is 0.528. The number of benzene rings is 2. The molecule has 0 radical (unpaired) electrons. The van der Waals surface area contributed by atoms with Crippen LogP contribution in [0.3, 0.4) is 0 Å². The van der Waals surface area contributed by atoms with Crippen LogP contribution in [0.2, 0.25) is 0 Å². The van der Waals surface area contributed by atoms with Crippen LogP contribution in [0.5, 0.6) is 11.5 Å². The third kappa shape index (κ3) is 3.93. The number of para-hydroxylation sites is 2. The molecule has 0 heterocycles. The molecule has 7 nitrogen and oxygen atoms in total. The van der Waals surface area contributed by atoms with Crippen LogP contribution in [-0.2, 0) is 6.54 Å². The minimum atomic E-state index is -1.12. The largest absolute Gasteiger partial charge is 0.465 e. The van der Waals surface area contributed by atoms with E-state index in [1.807, 2.05) is 0 Å². The van der Waals surface area contributed by atoms with E-state index in [1.54, 1.807) is 36.4 Å². The van der Waals surface area contributed by atoms with Crippen molar-refractivity contribution in [3.8, 4) is 11.5 Å². The third-order valence-corrected chi connectivity index (χ3v) is 2.63. The molecule has 21 heavy (non-hydrogen) atoms. The zero-order valence-electron chi connectivity index (χ0n) is 10.9. The van der Waals surface area contributed by atoms with Gasteiger partial charge in [0.15, 0.2) is 0 Å². The molecule has 0 aliphatic rings. The van der Waals surface area contributed by atoms with Gasteiger partial charge in [0.2, 0.25) is 5.75 Å². The molecule has 0 unspecified atom stereocenters. The van der Waals surface area contributed by atoms with Crippen LogP contribution in [0.1, 0.15) is 5.56 Å². The number of rotatable bonds is 5. The van der Waals surface area contributed by atoms with Crippen molar-refractivity contribution >= 4 is 11.8 Å². The molecular formula is C14H12N2O5. The van der Waals surface area contributed by atoms with Crippen LogP contribution in [0.25, 0.3) is 0 Å². The van der Waals surface area contributed by atoms with Crippen molar-refractivity contribution in [3.05, 3.63) is 64.2 Å². The van der Waals surface area contributed by atoms with Gasteiger partial charge in [-0.3, -0.25) is 10.1 Å². The second-order valence-electron chi connectivity index (χ2n) is 4.13. The second kappa shape index (κ2) is 6.38. The summed E-state index contributed by atoms with van der Waals surface area (Å²) < 4.78 is 5.50. The van der Waals surface area contributed by atoms with Gasteiger partial charge in [-0.25, -0.2) is 4.79 Å². The Labute approximate surface area is 119 Å². The van der Waals surface area contributed by atoms with Gasteiger partial charge in [0, 0.05) is 12.6 Å². The highest BCUT2D eigenvalue weighted by molar-refractivity contribution is 5.64. The summed E-state index contributed by atoms with van der Waals surface area (Å²) in [5.41, 5.74) is 0.556. The lowest BCUT2D eigenvalue weighted by atomic mass is 10.2. The highest BCUT2D eigenvalue weighted by Gasteiger charge is 2.14. The number of carbonyl (C=O) groups is 1. The number of nitro benzene ring substituents is 1. The minimum Gasteiger partial charge on any atom is -0.465 e. The normalized spacial score (nSPS) is 9.90. The summed E-state index contributed by atoms with van der Waals surface area (Å²) >= 11 is 0. The molecule has 0 spiro atoms. The summed E-state index contributed by atoms with van der Waals surface area (Å²) in [5, 5.41) is 21.7. The molecule has 2 N–H and O–H groups in total. The van der Waals surface area contributed by atoms with E-state index in [0.29, 0.717) is 11.3 Å². The van der Waals surface area contributed by atoms with Gasteiger partial charge in [0.1, 0.15) is 5.75 Å². The van der Waals surface area contributed by atoms with Gasteiger partial charge < -0.3 is 15.2 Å². The molecular weight excluding hydrogens is 276 g/mol. The van der Waals surface area contributed by atoms with E-state index in [2.05, 4.69) is 5.32 Å². The number of ether oxygens (including phenoxy) is 1. The smallest absolute Gasteiger partial charge is 0.404 e. The maximum atomic E-state index is 10.9. The Morgan fingerprint density at radius 3 is 2.71 bits per heavy atom. The van der Waals surface area contributed by atoms with Gasteiger partial charge in [-0.15, -0.1) is 0 Å². The highest BCUT2D eigenvalue weighted by atomic mass is 16.6. The lowest BCUT2D eigenvalue weighted by molar-refractivity contribution is -0.385. The molecule has 108 valence electrons. The lowest BCUT2D eigenvalue weighted by Crippen LogP contribution is -2.19. The fourth-order valence-corrected chi connectivity index (χ4v) is 1.72. The predicted molar refractivity (Wildman–Crippen MR) is 74.5 cm³/mol. The average Bonchev–Trinajstić information content (AvgIpc) is 2.46. The van der Waals surface area contributed by atoms with E-state index in [4.69, 9.17) is 9.84 Å². The van der Waals surface area contributed by atoms with E-state index in [1.165, 1.54) is 12.1 Å².